The Morgan fingerprint density at radius 1 is 0.804 bits per heavy atom. The first-order valence-electron chi connectivity index (χ1n) is 15.1. The number of hydrogen-bond donors (Lipinski definition) is 1. The van der Waals surface area contributed by atoms with Gasteiger partial charge in [-0.15, -0.1) is 0 Å². The van der Waals surface area contributed by atoms with Crippen molar-refractivity contribution in [3.63, 3.8) is 0 Å². The topological polar surface area (TPSA) is 107 Å². The summed E-state index contributed by atoms with van der Waals surface area (Å²) in [4.78, 5) is 34.4. The third kappa shape index (κ3) is 10.0. The molecule has 1 unspecified atom stereocenters. The average molecular weight is 670 g/mol. The summed E-state index contributed by atoms with van der Waals surface area (Å²) in [5.74, 6) is 1.03. The molecule has 11 heteroatoms. The molecule has 46 heavy (non-hydrogen) atoms. The highest BCUT2D eigenvalue weighted by Gasteiger charge is 2.26. The SMILES string of the molecule is CC1Oc2ccc(CN(Cc3cccc(CN(Cc4ccc(Cl)cc4Cl)C(=O)OC(C)(C)C)c3)C(=O)OC(C)(C)C)cc2N=C1N. The molecule has 9 nitrogen and oxygen atoms in total. The van der Waals surface area contributed by atoms with Crippen molar-refractivity contribution in [3.8, 4) is 5.75 Å². The lowest BCUT2D eigenvalue weighted by Gasteiger charge is -2.29. The minimum Gasteiger partial charge on any atom is -0.481 e. The molecule has 2 amide bonds. The van der Waals surface area contributed by atoms with Crippen LogP contribution in [0.2, 0.25) is 10.0 Å². The molecule has 246 valence electrons. The van der Waals surface area contributed by atoms with Gasteiger partial charge in [0.2, 0.25) is 0 Å². The van der Waals surface area contributed by atoms with Gasteiger partial charge in [0.15, 0.2) is 6.10 Å². The maximum absolute atomic E-state index is 13.4. The van der Waals surface area contributed by atoms with Crippen molar-refractivity contribution in [2.45, 2.75) is 92.0 Å². The zero-order chi connectivity index (χ0) is 33.8. The van der Waals surface area contributed by atoms with Crippen molar-refractivity contribution >= 4 is 46.9 Å². The molecule has 0 spiro atoms. The van der Waals surface area contributed by atoms with Crippen molar-refractivity contribution in [3.05, 3.63) is 93.0 Å². The Morgan fingerprint density at radius 3 is 1.89 bits per heavy atom. The Balaban J connectivity index is 1.59. The smallest absolute Gasteiger partial charge is 0.410 e. The van der Waals surface area contributed by atoms with Gasteiger partial charge < -0.3 is 19.9 Å². The highest BCUT2D eigenvalue weighted by molar-refractivity contribution is 6.35. The number of amides is 2. The normalized spacial score (nSPS) is 14.5. The summed E-state index contributed by atoms with van der Waals surface area (Å²) < 4.78 is 17.3. The van der Waals surface area contributed by atoms with Gasteiger partial charge in [0.25, 0.3) is 0 Å². The number of nitrogens with zero attached hydrogens (tertiary/aromatic N) is 3. The standard InChI is InChI=1S/C35H42Cl2N4O5/c1-22-31(38)39-29-16-25(11-14-30(29)44-22)20-40(32(42)45-34(2,3)4)18-23-9-8-10-24(15-23)19-41(33(43)46-35(5,6)7)21-26-12-13-27(36)17-28(26)37/h8-17,22H,18-21H2,1-7H3,(H2,38,39). The van der Waals surface area contributed by atoms with Gasteiger partial charge in [0, 0.05) is 29.7 Å². The first-order valence-corrected chi connectivity index (χ1v) is 15.8. The van der Waals surface area contributed by atoms with Crippen LogP contribution in [0.3, 0.4) is 0 Å². The van der Waals surface area contributed by atoms with Crippen LogP contribution in [0.1, 0.15) is 70.7 Å². The molecule has 0 fully saturated rings. The first kappa shape index (κ1) is 34.9. The van der Waals surface area contributed by atoms with Gasteiger partial charge in [-0.05, 0) is 95.0 Å². The summed E-state index contributed by atoms with van der Waals surface area (Å²) in [7, 11) is 0. The lowest BCUT2D eigenvalue weighted by Crippen LogP contribution is -2.36. The van der Waals surface area contributed by atoms with E-state index in [1.54, 1.807) is 28.0 Å². The van der Waals surface area contributed by atoms with E-state index in [1.165, 1.54) is 0 Å². The fourth-order valence-electron chi connectivity index (χ4n) is 4.70. The number of hydrogen-bond acceptors (Lipinski definition) is 7. The summed E-state index contributed by atoms with van der Waals surface area (Å²) in [6.07, 6.45) is -1.25. The fourth-order valence-corrected chi connectivity index (χ4v) is 5.16. The molecule has 4 rings (SSSR count). The van der Waals surface area contributed by atoms with Crippen LogP contribution < -0.4 is 10.5 Å². The molecule has 2 N–H and O–H groups in total. The van der Waals surface area contributed by atoms with E-state index in [0.717, 1.165) is 22.3 Å². The second-order valence-electron chi connectivity index (χ2n) is 13.3. The van der Waals surface area contributed by atoms with Gasteiger partial charge in [-0.1, -0.05) is 59.6 Å². The Labute approximate surface area is 281 Å². The quantitative estimate of drug-likeness (QED) is 0.257. The molecule has 0 radical (unpaired) electrons. The number of nitrogens with two attached hydrogens (primary N) is 1. The van der Waals surface area contributed by atoms with Crippen LogP contribution in [-0.2, 0) is 35.7 Å². The number of fused-ring (bicyclic) bond motifs is 1. The van der Waals surface area contributed by atoms with E-state index < -0.39 is 23.4 Å². The van der Waals surface area contributed by atoms with Crippen LogP contribution in [0.15, 0.2) is 65.7 Å². The van der Waals surface area contributed by atoms with E-state index in [4.69, 9.17) is 43.1 Å². The summed E-state index contributed by atoms with van der Waals surface area (Å²) >= 11 is 12.6. The van der Waals surface area contributed by atoms with Crippen molar-refractivity contribution in [1.82, 2.24) is 9.80 Å². The fraction of sp³-hybridized carbons (Fsp3) is 0.400. The van der Waals surface area contributed by atoms with Crippen molar-refractivity contribution in [1.29, 1.82) is 0 Å². The van der Waals surface area contributed by atoms with Crippen LogP contribution >= 0.6 is 23.2 Å². The number of rotatable bonds is 8. The highest BCUT2D eigenvalue weighted by Crippen LogP contribution is 2.33. The molecule has 0 aliphatic carbocycles. The van der Waals surface area contributed by atoms with Gasteiger partial charge in [-0.3, -0.25) is 9.80 Å². The van der Waals surface area contributed by atoms with Crippen LogP contribution in [0.5, 0.6) is 5.75 Å². The molecule has 1 atom stereocenters. The first-order chi connectivity index (χ1) is 21.5. The number of amidine groups is 1. The third-order valence-corrected chi connectivity index (χ3v) is 7.37. The van der Waals surface area contributed by atoms with Gasteiger partial charge >= 0.3 is 12.2 Å². The Kier molecular flexibility index (Phi) is 10.8. The van der Waals surface area contributed by atoms with Crippen LogP contribution in [-0.4, -0.2) is 45.1 Å². The van der Waals surface area contributed by atoms with E-state index in [-0.39, 0.29) is 32.3 Å². The van der Waals surface area contributed by atoms with Crippen molar-refractivity contribution in [2.75, 3.05) is 0 Å². The van der Waals surface area contributed by atoms with Crippen molar-refractivity contribution < 1.29 is 23.8 Å². The molecule has 0 saturated heterocycles. The summed E-state index contributed by atoms with van der Waals surface area (Å²) in [5.41, 5.74) is 8.53. The summed E-state index contributed by atoms with van der Waals surface area (Å²) in [6, 6.07) is 18.5. The Hall–Kier alpha value is -3.95. The predicted octanol–water partition coefficient (Wildman–Crippen LogP) is 8.64. The van der Waals surface area contributed by atoms with Gasteiger partial charge in [-0.2, -0.15) is 0 Å². The molecular formula is C35H42Cl2N4O5. The number of benzene rings is 3. The number of halogens is 2. The molecule has 1 aliphatic heterocycles. The Morgan fingerprint density at radius 2 is 1.35 bits per heavy atom. The van der Waals surface area contributed by atoms with E-state index in [0.29, 0.717) is 27.3 Å². The van der Waals surface area contributed by atoms with Crippen molar-refractivity contribution in [2.24, 2.45) is 10.7 Å². The van der Waals surface area contributed by atoms with Crippen LogP contribution in [0.4, 0.5) is 15.3 Å². The lowest BCUT2D eigenvalue weighted by molar-refractivity contribution is 0.0210. The molecule has 3 aromatic rings. The van der Waals surface area contributed by atoms with E-state index in [9.17, 15) is 9.59 Å². The molecule has 3 aromatic carbocycles. The summed E-state index contributed by atoms with van der Waals surface area (Å²) in [6.45, 7) is 13.8. The minimum absolute atomic E-state index is 0.215. The molecule has 1 heterocycles. The molecule has 0 aromatic heterocycles. The number of carbonyl (C=O) groups excluding carboxylic acids is 2. The monoisotopic (exact) mass is 668 g/mol. The molecule has 0 saturated carbocycles. The third-order valence-electron chi connectivity index (χ3n) is 6.78. The van der Waals surface area contributed by atoms with E-state index >= 15 is 0 Å². The molecule has 0 bridgehead atoms. The number of carbonyl (C=O) groups is 2. The zero-order valence-electron chi connectivity index (χ0n) is 27.4. The largest absolute Gasteiger partial charge is 0.481 e. The molecule has 1 aliphatic rings. The lowest BCUT2D eigenvalue weighted by atomic mass is 10.1. The van der Waals surface area contributed by atoms with E-state index in [2.05, 4.69) is 4.99 Å². The second kappa shape index (κ2) is 14.2. The maximum atomic E-state index is 13.4. The highest BCUT2D eigenvalue weighted by atomic mass is 35.5. The minimum atomic E-state index is -0.688. The average Bonchev–Trinajstić information content (AvgIpc) is 2.93. The van der Waals surface area contributed by atoms with Gasteiger partial charge in [0.1, 0.15) is 28.5 Å². The van der Waals surface area contributed by atoms with E-state index in [1.807, 2.05) is 90.9 Å². The predicted molar refractivity (Wildman–Crippen MR) is 182 cm³/mol. The van der Waals surface area contributed by atoms with Crippen LogP contribution in [0.25, 0.3) is 0 Å². The number of aliphatic imine (C=N–C) groups is 1. The van der Waals surface area contributed by atoms with Gasteiger partial charge in [-0.25, -0.2) is 14.6 Å². The Bertz CT molecular complexity index is 1610. The van der Waals surface area contributed by atoms with Gasteiger partial charge in [0.05, 0.1) is 6.54 Å². The molecular weight excluding hydrogens is 627 g/mol. The zero-order valence-corrected chi connectivity index (χ0v) is 28.9. The number of ether oxygens (including phenoxy) is 3. The maximum Gasteiger partial charge on any atom is 0.410 e. The summed E-state index contributed by atoms with van der Waals surface area (Å²) in [5, 5.41) is 0.967. The second-order valence-corrected chi connectivity index (χ2v) is 14.2. The van der Waals surface area contributed by atoms with Crippen LogP contribution in [0, 0.1) is 0 Å².